The summed E-state index contributed by atoms with van der Waals surface area (Å²) in [6, 6.07) is 13.2. The number of thioether (sulfide) groups is 1. The molecule has 0 aliphatic carbocycles. The first-order valence-corrected chi connectivity index (χ1v) is 8.26. The van der Waals surface area contributed by atoms with Crippen molar-refractivity contribution in [1.29, 1.82) is 0 Å². The van der Waals surface area contributed by atoms with Crippen LogP contribution in [0.1, 0.15) is 12.5 Å². The van der Waals surface area contributed by atoms with Gasteiger partial charge in [0.15, 0.2) is 5.17 Å². The van der Waals surface area contributed by atoms with Crippen LogP contribution in [-0.2, 0) is 4.79 Å². The molecule has 0 radical (unpaired) electrons. The number of phenolic OH excluding ortho intramolecular Hbond substituents is 2. The first-order chi connectivity index (χ1) is 11.6. The number of amides is 1. The van der Waals surface area contributed by atoms with Crippen molar-refractivity contribution in [1.82, 2.24) is 4.90 Å². The third kappa shape index (κ3) is 3.44. The van der Waals surface area contributed by atoms with Crippen LogP contribution in [-0.4, -0.2) is 32.7 Å². The average Bonchev–Trinajstić information content (AvgIpc) is 2.84. The highest BCUT2D eigenvalue weighted by Crippen LogP contribution is 2.34. The topological polar surface area (TPSA) is 73.1 Å². The van der Waals surface area contributed by atoms with Gasteiger partial charge in [0.2, 0.25) is 0 Å². The number of benzene rings is 2. The Morgan fingerprint density at radius 2 is 1.88 bits per heavy atom. The highest BCUT2D eigenvalue weighted by molar-refractivity contribution is 8.18. The van der Waals surface area contributed by atoms with Gasteiger partial charge in [0, 0.05) is 6.54 Å². The Labute approximate surface area is 144 Å². The molecular weight excluding hydrogens is 324 g/mol. The highest BCUT2D eigenvalue weighted by atomic mass is 32.2. The summed E-state index contributed by atoms with van der Waals surface area (Å²) in [6.07, 6.45) is 1.74. The van der Waals surface area contributed by atoms with Crippen molar-refractivity contribution < 1.29 is 15.0 Å². The van der Waals surface area contributed by atoms with E-state index in [2.05, 4.69) is 4.99 Å². The third-order valence-corrected chi connectivity index (χ3v) is 4.45. The molecule has 1 saturated heterocycles. The summed E-state index contributed by atoms with van der Waals surface area (Å²) in [5.41, 5.74) is 1.42. The van der Waals surface area contributed by atoms with E-state index >= 15 is 0 Å². The van der Waals surface area contributed by atoms with Gasteiger partial charge in [0.1, 0.15) is 11.5 Å². The molecule has 0 aromatic heterocycles. The number of phenols is 2. The SMILES string of the molecule is CCN1C(=O)/C(=C/c2cccc(O)c2)SC1=Nc1ccc(O)cc1. The molecule has 2 aromatic rings. The zero-order valence-electron chi connectivity index (χ0n) is 13.0. The molecule has 0 atom stereocenters. The Hall–Kier alpha value is -2.73. The number of hydrogen-bond donors (Lipinski definition) is 2. The predicted molar refractivity (Wildman–Crippen MR) is 96.3 cm³/mol. The van der Waals surface area contributed by atoms with Gasteiger partial charge < -0.3 is 10.2 Å². The van der Waals surface area contributed by atoms with Gasteiger partial charge in [-0.25, -0.2) is 4.99 Å². The van der Waals surface area contributed by atoms with Gasteiger partial charge in [-0.3, -0.25) is 9.69 Å². The Kier molecular flexibility index (Phi) is 4.57. The van der Waals surface area contributed by atoms with Crippen molar-refractivity contribution in [3.63, 3.8) is 0 Å². The monoisotopic (exact) mass is 340 g/mol. The largest absolute Gasteiger partial charge is 0.508 e. The normalized spacial score (nSPS) is 17.9. The summed E-state index contributed by atoms with van der Waals surface area (Å²) >= 11 is 1.29. The molecule has 1 fully saturated rings. The van der Waals surface area contributed by atoms with Gasteiger partial charge in [-0.15, -0.1) is 0 Å². The number of nitrogens with zero attached hydrogens (tertiary/aromatic N) is 2. The molecule has 1 heterocycles. The quantitative estimate of drug-likeness (QED) is 0.835. The second-order valence-corrected chi connectivity index (χ2v) is 6.17. The van der Waals surface area contributed by atoms with Crippen molar-refractivity contribution in [3.8, 4) is 11.5 Å². The van der Waals surface area contributed by atoms with Crippen LogP contribution in [0.4, 0.5) is 5.69 Å². The maximum absolute atomic E-state index is 12.5. The predicted octanol–water partition coefficient (Wildman–Crippen LogP) is 3.72. The number of hydrogen-bond acceptors (Lipinski definition) is 5. The van der Waals surface area contributed by atoms with Crippen molar-refractivity contribution >= 4 is 34.6 Å². The summed E-state index contributed by atoms with van der Waals surface area (Å²) in [6.45, 7) is 2.40. The molecule has 1 aliphatic heterocycles. The summed E-state index contributed by atoms with van der Waals surface area (Å²) < 4.78 is 0. The lowest BCUT2D eigenvalue weighted by atomic mass is 10.2. The fraction of sp³-hybridized carbons (Fsp3) is 0.111. The van der Waals surface area contributed by atoms with E-state index in [4.69, 9.17) is 0 Å². The Bertz CT molecular complexity index is 828. The number of carbonyl (C=O) groups is 1. The minimum absolute atomic E-state index is 0.108. The lowest BCUT2D eigenvalue weighted by molar-refractivity contribution is -0.122. The summed E-state index contributed by atoms with van der Waals surface area (Å²) in [5.74, 6) is 0.222. The zero-order chi connectivity index (χ0) is 17.1. The molecule has 0 spiro atoms. The summed E-state index contributed by atoms with van der Waals surface area (Å²) in [4.78, 5) is 19.2. The number of rotatable bonds is 3. The molecule has 2 N–H and O–H groups in total. The number of aliphatic imine (C=N–C) groups is 1. The van der Waals surface area contributed by atoms with Crippen LogP contribution in [0, 0.1) is 0 Å². The standard InChI is InChI=1S/C18H16N2O3S/c1-2-20-17(23)16(11-12-4-3-5-15(22)10-12)24-18(20)19-13-6-8-14(21)9-7-13/h3-11,21-22H,2H2,1H3/b16-11-,19-18?. The highest BCUT2D eigenvalue weighted by Gasteiger charge is 2.32. The first-order valence-electron chi connectivity index (χ1n) is 7.45. The Balaban J connectivity index is 1.92. The number of amidine groups is 1. The molecule has 1 aliphatic rings. The number of likely N-dealkylation sites (N-methyl/N-ethyl adjacent to an activating group) is 1. The van der Waals surface area contributed by atoms with Gasteiger partial charge in [0.05, 0.1) is 10.6 Å². The van der Waals surface area contributed by atoms with Crippen molar-refractivity contribution in [3.05, 3.63) is 59.0 Å². The van der Waals surface area contributed by atoms with E-state index in [0.717, 1.165) is 5.56 Å². The van der Waals surface area contributed by atoms with Gasteiger partial charge in [0.25, 0.3) is 5.91 Å². The lowest BCUT2D eigenvalue weighted by Gasteiger charge is -2.11. The molecule has 1 amide bonds. The van der Waals surface area contributed by atoms with Crippen LogP contribution in [0.15, 0.2) is 58.4 Å². The fourth-order valence-electron chi connectivity index (χ4n) is 2.27. The summed E-state index contributed by atoms with van der Waals surface area (Å²) in [7, 11) is 0. The minimum atomic E-state index is -0.108. The molecule has 3 rings (SSSR count). The Morgan fingerprint density at radius 1 is 1.12 bits per heavy atom. The van der Waals surface area contributed by atoms with E-state index < -0.39 is 0 Å². The van der Waals surface area contributed by atoms with E-state index in [1.54, 1.807) is 53.4 Å². The lowest BCUT2D eigenvalue weighted by Crippen LogP contribution is -2.28. The van der Waals surface area contributed by atoms with E-state index in [9.17, 15) is 15.0 Å². The Morgan fingerprint density at radius 3 is 2.54 bits per heavy atom. The molecule has 2 aromatic carbocycles. The van der Waals surface area contributed by atoms with Crippen LogP contribution in [0.5, 0.6) is 11.5 Å². The molecule has 6 heteroatoms. The van der Waals surface area contributed by atoms with Crippen molar-refractivity contribution in [2.75, 3.05) is 6.54 Å². The number of carbonyl (C=O) groups excluding carboxylic acids is 1. The molecule has 0 saturated carbocycles. The molecular formula is C18H16N2O3S. The third-order valence-electron chi connectivity index (χ3n) is 3.45. The van der Waals surface area contributed by atoms with E-state index in [1.165, 1.54) is 11.8 Å². The fourth-order valence-corrected chi connectivity index (χ4v) is 3.34. The smallest absolute Gasteiger partial charge is 0.266 e. The van der Waals surface area contributed by atoms with Crippen LogP contribution in [0.3, 0.4) is 0 Å². The van der Waals surface area contributed by atoms with Gasteiger partial charge in [-0.05, 0) is 66.7 Å². The second kappa shape index (κ2) is 6.80. The maximum Gasteiger partial charge on any atom is 0.266 e. The van der Waals surface area contributed by atoms with Crippen LogP contribution < -0.4 is 0 Å². The van der Waals surface area contributed by atoms with Gasteiger partial charge >= 0.3 is 0 Å². The van der Waals surface area contributed by atoms with Gasteiger partial charge in [-0.1, -0.05) is 12.1 Å². The van der Waals surface area contributed by atoms with Gasteiger partial charge in [-0.2, -0.15) is 0 Å². The molecule has 0 bridgehead atoms. The summed E-state index contributed by atoms with van der Waals surface area (Å²) in [5, 5.41) is 19.5. The first kappa shape index (κ1) is 16.1. The number of aromatic hydroxyl groups is 2. The van der Waals surface area contributed by atoms with E-state index in [1.807, 2.05) is 13.0 Å². The second-order valence-electron chi connectivity index (χ2n) is 5.17. The molecule has 24 heavy (non-hydrogen) atoms. The van der Waals surface area contributed by atoms with Crippen molar-refractivity contribution in [2.45, 2.75) is 6.92 Å². The minimum Gasteiger partial charge on any atom is -0.508 e. The van der Waals surface area contributed by atoms with Crippen LogP contribution >= 0.6 is 11.8 Å². The molecule has 5 nitrogen and oxygen atoms in total. The van der Waals surface area contributed by atoms with E-state index in [-0.39, 0.29) is 17.4 Å². The average molecular weight is 340 g/mol. The zero-order valence-corrected chi connectivity index (χ0v) is 13.8. The van der Waals surface area contributed by atoms with Crippen LogP contribution in [0.2, 0.25) is 0 Å². The maximum atomic E-state index is 12.5. The van der Waals surface area contributed by atoms with E-state index in [0.29, 0.717) is 22.3 Å². The van der Waals surface area contributed by atoms with Crippen molar-refractivity contribution in [2.24, 2.45) is 4.99 Å². The molecule has 122 valence electrons. The molecule has 0 unspecified atom stereocenters. The van der Waals surface area contributed by atoms with Crippen LogP contribution in [0.25, 0.3) is 6.08 Å².